The number of primary amides is 1. The van der Waals surface area contributed by atoms with Crippen LogP contribution >= 0.6 is 0 Å². The Morgan fingerprint density at radius 2 is 2.29 bits per heavy atom. The van der Waals surface area contributed by atoms with Gasteiger partial charge in [-0.25, -0.2) is 4.79 Å². The van der Waals surface area contributed by atoms with Gasteiger partial charge in [0.05, 0.1) is 5.69 Å². The van der Waals surface area contributed by atoms with Crippen LogP contribution < -0.4 is 11.4 Å². The van der Waals surface area contributed by atoms with Crippen LogP contribution in [0.1, 0.15) is 25.5 Å². The molecule has 5 nitrogen and oxygen atoms in total. The highest BCUT2D eigenvalue weighted by atomic mass is 16.2. The minimum Gasteiger partial charge on any atom is -0.368 e. The number of carbonyl (C=O) groups excluding carboxylic acids is 1. The van der Waals surface area contributed by atoms with E-state index in [0.717, 1.165) is 5.69 Å². The Hall–Kier alpha value is -1.65. The molecule has 0 saturated heterocycles. The summed E-state index contributed by atoms with van der Waals surface area (Å²) in [4.78, 5) is 25.7. The van der Waals surface area contributed by atoms with Gasteiger partial charge in [0.1, 0.15) is 6.54 Å². The summed E-state index contributed by atoms with van der Waals surface area (Å²) in [6.45, 7) is 3.77. The highest BCUT2D eigenvalue weighted by molar-refractivity contribution is 5.73. The maximum absolute atomic E-state index is 11.3. The van der Waals surface area contributed by atoms with E-state index in [1.54, 1.807) is 6.07 Å². The number of nitrogens with two attached hydrogens (primary N) is 1. The Balaban J connectivity index is 3.02. The lowest BCUT2D eigenvalue weighted by atomic mass is 10.1. The molecule has 0 atom stereocenters. The van der Waals surface area contributed by atoms with Gasteiger partial charge in [0.2, 0.25) is 5.91 Å². The van der Waals surface area contributed by atoms with Crippen molar-refractivity contribution >= 4 is 5.91 Å². The van der Waals surface area contributed by atoms with Crippen molar-refractivity contribution in [2.45, 2.75) is 26.3 Å². The third-order valence-corrected chi connectivity index (χ3v) is 1.81. The Labute approximate surface area is 81.6 Å². The van der Waals surface area contributed by atoms with E-state index in [9.17, 15) is 9.59 Å². The Morgan fingerprint density at radius 1 is 1.64 bits per heavy atom. The number of hydrogen-bond acceptors (Lipinski definition) is 3. The summed E-state index contributed by atoms with van der Waals surface area (Å²) in [5.41, 5.74) is 5.25. The fourth-order valence-corrected chi connectivity index (χ4v) is 1.05. The van der Waals surface area contributed by atoms with E-state index in [4.69, 9.17) is 5.73 Å². The SMILES string of the molecule is CC(C)c1ccn(CC(N)=O)c(=O)n1. The largest absolute Gasteiger partial charge is 0.368 e. The Bertz CT molecular complexity index is 395. The van der Waals surface area contributed by atoms with E-state index in [2.05, 4.69) is 4.98 Å². The van der Waals surface area contributed by atoms with E-state index in [1.807, 2.05) is 13.8 Å². The van der Waals surface area contributed by atoms with Gasteiger partial charge in [0.25, 0.3) is 0 Å². The number of rotatable bonds is 3. The molecule has 76 valence electrons. The minimum atomic E-state index is -0.550. The molecular formula is C9H13N3O2. The van der Waals surface area contributed by atoms with Gasteiger partial charge in [0.15, 0.2) is 0 Å². The first-order valence-corrected chi connectivity index (χ1v) is 4.36. The van der Waals surface area contributed by atoms with Gasteiger partial charge < -0.3 is 5.73 Å². The molecular weight excluding hydrogens is 182 g/mol. The molecule has 0 aliphatic heterocycles. The molecule has 0 spiro atoms. The molecule has 0 fully saturated rings. The number of aromatic nitrogens is 2. The summed E-state index contributed by atoms with van der Waals surface area (Å²) in [5, 5.41) is 0. The van der Waals surface area contributed by atoms with Gasteiger partial charge in [-0.3, -0.25) is 9.36 Å². The van der Waals surface area contributed by atoms with Crippen LogP contribution in [-0.4, -0.2) is 15.5 Å². The average molecular weight is 195 g/mol. The number of amides is 1. The molecule has 1 aromatic heterocycles. The molecule has 14 heavy (non-hydrogen) atoms. The predicted octanol–water partition coefficient (Wildman–Crippen LogP) is -0.148. The van der Waals surface area contributed by atoms with Crippen LogP contribution in [-0.2, 0) is 11.3 Å². The lowest BCUT2D eigenvalue weighted by molar-refractivity contribution is -0.118. The van der Waals surface area contributed by atoms with Crippen LogP contribution in [0.4, 0.5) is 0 Å². The monoisotopic (exact) mass is 195 g/mol. The van der Waals surface area contributed by atoms with Crippen molar-refractivity contribution in [3.63, 3.8) is 0 Å². The lowest BCUT2D eigenvalue weighted by Gasteiger charge is -2.05. The van der Waals surface area contributed by atoms with Gasteiger partial charge in [-0.15, -0.1) is 0 Å². The smallest absolute Gasteiger partial charge is 0.348 e. The van der Waals surface area contributed by atoms with Crippen molar-refractivity contribution < 1.29 is 4.79 Å². The number of hydrogen-bond donors (Lipinski definition) is 1. The summed E-state index contributed by atoms with van der Waals surface area (Å²) in [6.07, 6.45) is 1.54. The highest BCUT2D eigenvalue weighted by Gasteiger charge is 2.05. The van der Waals surface area contributed by atoms with E-state index in [1.165, 1.54) is 10.8 Å². The van der Waals surface area contributed by atoms with Crippen molar-refractivity contribution in [3.8, 4) is 0 Å². The third kappa shape index (κ3) is 2.42. The predicted molar refractivity (Wildman–Crippen MR) is 51.8 cm³/mol. The quantitative estimate of drug-likeness (QED) is 0.728. The zero-order chi connectivity index (χ0) is 10.7. The summed E-state index contributed by atoms with van der Waals surface area (Å²) < 4.78 is 1.19. The first kappa shape index (κ1) is 10.4. The van der Waals surface area contributed by atoms with Crippen LogP contribution in [0, 0.1) is 0 Å². The minimum absolute atomic E-state index is 0.121. The summed E-state index contributed by atoms with van der Waals surface area (Å²) >= 11 is 0. The summed E-state index contributed by atoms with van der Waals surface area (Å²) in [5.74, 6) is -0.350. The normalized spacial score (nSPS) is 10.5. The Kier molecular flexibility index (Phi) is 3.01. The second kappa shape index (κ2) is 4.04. The molecule has 0 saturated carbocycles. The van der Waals surface area contributed by atoms with Crippen LogP contribution in [0.5, 0.6) is 0 Å². The fourth-order valence-electron chi connectivity index (χ4n) is 1.05. The molecule has 0 aromatic carbocycles. The zero-order valence-corrected chi connectivity index (χ0v) is 8.23. The molecule has 1 amide bonds. The van der Waals surface area contributed by atoms with Gasteiger partial charge in [-0.1, -0.05) is 13.8 Å². The van der Waals surface area contributed by atoms with Crippen LogP contribution in [0.25, 0.3) is 0 Å². The van der Waals surface area contributed by atoms with Crippen molar-refractivity contribution in [3.05, 3.63) is 28.4 Å². The van der Waals surface area contributed by atoms with Crippen molar-refractivity contribution in [1.29, 1.82) is 0 Å². The second-order valence-electron chi connectivity index (χ2n) is 3.38. The zero-order valence-electron chi connectivity index (χ0n) is 8.23. The third-order valence-electron chi connectivity index (χ3n) is 1.81. The molecule has 1 heterocycles. The maximum atomic E-state index is 11.3. The van der Waals surface area contributed by atoms with Gasteiger partial charge >= 0.3 is 5.69 Å². The Morgan fingerprint density at radius 3 is 2.71 bits per heavy atom. The molecule has 1 aromatic rings. The van der Waals surface area contributed by atoms with E-state index >= 15 is 0 Å². The highest BCUT2D eigenvalue weighted by Crippen LogP contribution is 2.07. The van der Waals surface area contributed by atoms with Crippen LogP contribution in [0.2, 0.25) is 0 Å². The first-order valence-electron chi connectivity index (χ1n) is 4.36. The standard InChI is InChI=1S/C9H13N3O2/c1-6(2)7-3-4-12(5-8(10)13)9(14)11-7/h3-4,6H,5H2,1-2H3,(H2,10,13). The topological polar surface area (TPSA) is 78.0 Å². The molecule has 0 aliphatic rings. The molecule has 2 N–H and O–H groups in total. The van der Waals surface area contributed by atoms with E-state index in [0.29, 0.717) is 0 Å². The van der Waals surface area contributed by atoms with Crippen molar-refractivity contribution in [1.82, 2.24) is 9.55 Å². The van der Waals surface area contributed by atoms with Gasteiger partial charge in [-0.2, -0.15) is 4.98 Å². The van der Waals surface area contributed by atoms with Gasteiger partial charge in [0, 0.05) is 6.20 Å². The molecule has 0 unspecified atom stereocenters. The molecule has 0 radical (unpaired) electrons. The van der Waals surface area contributed by atoms with E-state index < -0.39 is 11.6 Å². The summed E-state index contributed by atoms with van der Waals surface area (Å²) in [6, 6.07) is 1.72. The first-order chi connectivity index (χ1) is 6.50. The molecule has 1 rings (SSSR count). The second-order valence-corrected chi connectivity index (χ2v) is 3.38. The van der Waals surface area contributed by atoms with Crippen LogP contribution in [0.15, 0.2) is 17.1 Å². The average Bonchev–Trinajstić information content (AvgIpc) is 2.07. The van der Waals surface area contributed by atoms with E-state index in [-0.39, 0.29) is 12.5 Å². The fraction of sp³-hybridized carbons (Fsp3) is 0.444. The lowest BCUT2D eigenvalue weighted by Crippen LogP contribution is -2.29. The summed E-state index contributed by atoms with van der Waals surface area (Å²) in [7, 11) is 0. The number of nitrogens with zero attached hydrogens (tertiary/aromatic N) is 2. The van der Waals surface area contributed by atoms with Crippen LogP contribution in [0.3, 0.4) is 0 Å². The molecule has 0 bridgehead atoms. The van der Waals surface area contributed by atoms with Crippen molar-refractivity contribution in [2.24, 2.45) is 5.73 Å². The van der Waals surface area contributed by atoms with Gasteiger partial charge in [-0.05, 0) is 12.0 Å². The number of carbonyl (C=O) groups is 1. The van der Waals surface area contributed by atoms with Crippen molar-refractivity contribution in [2.75, 3.05) is 0 Å². The molecule has 0 aliphatic carbocycles. The maximum Gasteiger partial charge on any atom is 0.348 e. The molecule has 5 heteroatoms.